The number of carbonyl (C=O) groups is 4. The second-order valence-corrected chi connectivity index (χ2v) is 8.50. The molecule has 33 heavy (non-hydrogen) atoms. The minimum absolute atomic E-state index is 0.0715. The van der Waals surface area contributed by atoms with Gasteiger partial charge in [0.05, 0.1) is 26.4 Å². The predicted octanol–water partition coefficient (Wildman–Crippen LogP) is 4.51. The fourth-order valence-corrected chi connectivity index (χ4v) is 3.09. The van der Waals surface area contributed by atoms with E-state index >= 15 is 0 Å². The molecule has 1 aromatic rings. The molecule has 9 heteroatoms. The molecule has 1 heterocycles. The normalized spacial score (nSPS) is 11.1. The first-order valence-electron chi connectivity index (χ1n) is 11.5. The van der Waals surface area contributed by atoms with Crippen LogP contribution in [-0.4, -0.2) is 54.9 Å². The van der Waals surface area contributed by atoms with Crippen molar-refractivity contribution in [2.75, 3.05) is 26.4 Å². The van der Waals surface area contributed by atoms with Crippen molar-refractivity contribution in [2.24, 2.45) is 0 Å². The molecular weight excluding hydrogens is 430 g/mol. The Labute approximate surface area is 195 Å². The van der Waals surface area contributed by atoms with E-state index < -0.39 is 29.4 Å². The van der Waals surface area contributed by atoms with Gasteiger partial charge in [-0.3, -0.25) is 0 Å². The zero-order chi connectivity index (χ0) is 25.2. The van der Waals surface area contributed by atoms with Crippen LogP contribution in [0.25, 0.3) is 0 Å². The second-order valence-electron chi connectivity index (χ2n) is 8.50. The summed E-state index contributed by atoms with van der Waals surface area (Å²) in [5.41, 5.74) is -2.05. The van der Waals surface area contributed by atoms with Crippen LogP contribution in [0.5, 0.6) is 0 Å². The number of rotatable bonds is 12. The predicted molar refractivity (Wildman–Crippen MR) is 122 cm³/mol. The van der Waals surface area contributed by atoms with Gasteiger partial charge < -0.3 is 23.5 Å². The molecule has 9 nitrogen and oxygen atoms in total. The van der Waals surface area contributed by atoms with Crippen LogP contribution < -0.4 is 0 Å². The van der Waals surface area contributed by atoms with Crippen molar-refractivity contribution in [1.82, 2.24) is 4.57 Å². The molecule has 0 aliphatic heterocycles. The first kappa shape index (κ1) is 28.2. The van der Waals surface area contributed by atoms with Crippen molar-refractivity contribution < 1.29 is 38.1 Å². The summed E-state index contributed by atoms with van der Waals surface area (Å²) in [4.78, 5) is 52.6. The van der Waals surface area contributed by atoms with Gasteiger partial charge >= 0.3 is 23.9 Å². The molecular formula is C24H37NO8. The highest BCUT2D eigenvalue weighted by molar-refractivity contribution is 6.15. The summed E-state index contributed by atoms with van der Waals surface area (Å²) in [5.74, 6) is -3.49. The molecule has 1 aromatic heterocycles. The van der Waals surface area contributed by atoms with E-state index in [1.165, 1.54) is 4.57 Å². The van der Waals surface area contributed by atoms with Crippen molar-refractivity contribution in [3.63, 3.8) is 0 Å². The van der Waals surface area contributed by atoms with Crippen LogP contribution in [0.1, 0.15) is 116 Å². The Hall–Kier alpha value is -2.84. The van der Waals surface area contributed by atoms with Gasteiger partial charge in [-0.25, -0.2) is 19.2 Å². The molecule has 0 unspecified atom stereocenters. The molecule has 0 saturated carbocycles. The number of ether oxygens (including phenoxy) is 4. The van der Waals surface area contributed by atoms with E-state index in [-0.39, 0.29) is 48.9 Å². The van der Waals surface area contributed by atoms with Crippen LogP contribution in [0.4, 0.5) is 0 Å². The van der Waals surface area contributed by atoms with Crippen LogP contribution in [0.2, 0.25) is 0 Å². The number of aromatic nitrogens is 1. The zero-order valence-corrected chi connectivity index (χ0v) is 20.9. The Morgan fingerprint density at radius 3 is 1.09 bits per heavy atom. The fraction of sp³-hybridized carbons (Fsp3) is 0.667. The molecule has 0 atom stereocenters. The van der Waals surface area contributed by atoms with Gasteiger partial charge in [0.1, 0.15) is 22.5 Å². The van der Waals surface area contributed by atoms with Crippen molar-refractivity contribution in [1.29, 1.82) is 0 Å². The highest BCUT2D eigenvalue weighted by Crippen LogP contribution is 2.33. The van der Waals surface area contributed by atoms with E-state index in [0.29, 0.717) is 25.7 Å². The summed E-state index contributed by atoms with van der Waals surface area (Å²) < 4.78 is 22.6. The van der Waals surface area contributed by atoms with Crippen LogP contribution in [0, 0.1) is 0 Å². The number of esters is 4. The van der Waals surface area contributed by atoms with E-state index in [1.54, 1.807) is 20.8 Å². The van der Waals surface area contributed by atoms with E-state index in [2.05, 4.69) is 0 Å². The standard InChI is InChI=1S/C24H37NO8/c1-8-12-30-20(26)16-17(21(27)31-13-9-2)19(23(29)33-15-11-4)25(24(5,6)7)18(16)22(28)32-14-10-3/h8-15H2,1-7H3. The van der Waals surface area contributed by atoms with Gasteiger partial charge in [-0.1, -0.05) is 27.7 Å². The molecule has 0 bridgehead atoms. The molecule has 0 aliphatic carbocycles. The average molecular weight is 468 g/mol. The summed E-state index contributed by atoms with van der Waals surface area (Å²) in [7, 11) is 0. The number of hydrogen-bond donors (Lipinski definition) is 0. The maximum Gasteiger partial charge on any atom is 0.355 e. The number of hydrogen-bond acceptors (Lipinski definition) is 8. The minimum atomic E-state index is -0.906. The Morgan fingerprint density at radius 1 is 0.576 bits per heavy atom. The molecule has 0 N–H and O–H groups in total. The summed E-state index contributed by atoms with van der Waals surface area (Å²) in [6, 6.07) is 0. The van der Waals surface area contributed by atoms with E-state index in [1.807, 2.05) is 27.7 Å². The summed E-state index contributed by atoms with van der Waals surface area (Å²) in [6.45, 7) is 12.8. The van der Waals surface area contributed by atoms with E-state index in [4.69, 9.17) is 18.9 Å². The average Bonchev–Trinajstić information content (AvgIpc) is 3.14. The zero-order valence-electron chi connectivity index (χ0n) is 20.9. The molecule has 0 radical (unpaired) electrons. The topological polar surface area (TPSA) is 110 Å². The van der Waals surface area contributed by atoms with Gasteiger partial charge in [0.2, 0.25) is 0 Å². The van der Waals surface area contributed by atoms with Gasteiger partial charge in [0.15, 0.2) is 0 Å². The smallest absolute Gasteiger partial charge is 0.355 e. The van der Waals surface area contributed by atoms with Crippen LogP contribution in [-0.2, 0) is 24.5 Å². The lowest BCUT2D eigenvalue weighted by Gasteiger charge is -2.26. The Morgan fingerprint density at radius 2 is 0.848 bits per heavy atom. The highest BCUT2D eigenvalue weighted by Gasteiger charge is 2.42. The molecule has 186 valence electrons. The Kier molecular flexibility index (Phi) is 11.1. The summed E-state index contributed by atoms with van der Waals surface area (Å²) >= 11 is 0. The monoisotopic (exact) mass is 467 g/mol. The van der Waals surface area contributed by atoms with E-state index in [0.717, 1.165) is 0 Å². The number of carbonyl (C=O) groups excluding carboxylic acids is 4. The lowest BCUT2D eigenvalue weighted by molar-refractivity contribution is 0.0432. The first-order valence-corrected chi connectivity index (χ1v) is 11.5. The largest absolute Gasteiger partial charge is 0.462 e. The Bertz CT molecular complexity index is 786. The van der Waals surface area contributed by atoms with Crippen molar-refractivity contribution in [3.05, 3.63) is 22.5 Å². The van der Waals surface area contributed by atoms with Gasteiger partial charge in [-0.15, -0.1) is 0 Å². The SMILES string of the molecule is CCCOC(=O)c1c(C(=O)OCCC)c(C(=O)OCCC)n(C(C)(C)C)c1C(=O)OCCC. The fourth-order valence-electron chi connectivity index (χ4n) is 3.09. The van der Waals surface area contributed by atoms with Gasteiger partial charge in [0, 0.05) is 5.54 Å². The molecule has 0 amide bonds. The summed E-state index contributed by atoms with van der Waals surface area (Å²) in [5, 5.41) is 0. The van der Waals surface area contributed by atoms with Gasteiger partial charge in [-0.05, 0) is 46.5 Å². The number of nitrogens with zero attached hydrogens (tertiary/aromatic N) is 1. The minimum Gasteiger partial charge on any atom is -0.462 e. The van der Waals surface area contributed by atoms with Crippen molar-refractivity contribution >= 4 is 23.9 Å². The maximum absolute atomic E-state index is 13.2. The third kappa shape index (κ3) is 7.07. The molecule has 1 rings (SSSR count). The summed E-state index contributed by atoms with van der Waals surface area (Å²) in [6.07, 6.45) is 2.16. The molecule has 0 fully saturated rings. The quantitative estimate of drug-likeness (QED) is 0.326. The lowest BCUT2D eigenvalue weighted by Crippen LogP contribution is -2.31. The first-order chi connectivity index (χ1) is 15.6. The van der Waals surface area contributed by atoms with Crippen LogP contribution in [0.3, 0.4) is 0 Å². The van der Waals surface area contributed by atoms with Gasteiger partial charge in [0.25, 0.3) is 0 Å². The molecule has 0 spiro atoms. The van der Waals surface area contributed by atoms with Crippen LogP contribution in [0.15, 0.2) is 0 Å². The van der Waals surface area contributed by atoms with Crippen LogP contribution >= 0.6 is 0 Å². The molecule has 0 saturated heterocycles. The Balaban J connectivity index is 4.03. The van der Waals surface area contributed by atoms with Crippen molar-refractivity contribution in [2.45, 2.75) is 79.7 Å². The molecule has 0 aromatic carbocycles. The third-order valence-electron chi connectivity index (χ3n) is 4.39. The second kappa shape index (κ2) is 13.0. The highest BCUT2D eigenvalue weighted by atomic mass is 16.5. The van der Waals surface area contributed by atoms with Gasteiger partial charge in [-0.2, -0.15) is 0 Å². The van der Waals surface area contributed by atoms with E-state index in [9.17, 15) is 19.2 Å². The lowest BCUT2D eigenvalue weighted by atomic mass is 10.1. The third-order valence-corrected chi connectivity index (χ3v) is 4.39. The van der Waals surface area contributed by atoms with Crippen molar-refractivity contribution in [3.8, 4) is 0 Å². The maximum atomic E-state index is 13.2. The molecule has 0 aliphatic rings.